The highest BCUT2D eigenvalue weighted by Gasteiger charge is 2.22. The fraction of sp³-hybridized carbons (Fsp3) is 0.214. The van der Waals surface area contributed by atoms with Crippen molar-refractivity contribution in [3.8, 4) is 0 Å². The molecule has 3 heteroatoms. The van der Waals surface area contributed by atoms with Crippen LogP contribution >= 0.6 is 0 Å². The molecule has 0 aliphatic carbocycles. The van der Waals surface area contributed by atoms with Crippen LogP contribution in [0.5, 0.6) is 0 Å². The third kappa shape index (κ3) is 2.23. The molecule has 3 rings (SSSR count). The molecule has 1 atom stereocenters. The SMILES string of the molecule is c1ccc(C[C@@H]2CN=C(c3ccco3)O2)cc1. The van der Waals surface area contributed by atoms with Gasteiger partial charge in [0.1, 0.15) is 6.10 Å². The van der Waals surface area contributed by atoms with Gasteiger partial charge in [0, 0.05) is 6.42 Å². The Kier molecular flexibility index (Phi) is 2.66. The van der Waals surface area contributed by atoms with Gasteiger partial charge >= 0.3 is 0 Å². The summed E-state index contributed by atoms with van der Waals surface area (Å²) >= 11 is 0. The Bertz CT molecular complexity index is 502. The van der Waals surface area contributed by atoms with Gasteiger partial charge in [-0.1, -0.05) is 30.3 Å². The fourth-order valence-electron chi connectivity index (χ4n) is 1.94. The molecule has 2 aromatic rings. The summed E-state index contributed by atoms with van der Waals surface area (Å²) < 4.78 is 11.0. The lowest BCUT2D eigenvalue weighted by atomic mass is 10.1. The molecule has 1 aliphatic heterocycles. The minimum absolute atomic E-state index is 0.123. The third-order valence-corrected chi connectivity index (χ3v) is 2.75. The second kappa shape index (κ2) is 4.45. The van der Waals surface area contributed by atoms with E-state index in [4.69, 9.17) is 9.15 Å². The molecule has 17 heavy (non-hydrogen) atoms. The van der Waals surface area contributed by atoms with Crippen LogP contribution in [0.1, 0.15) is 11.3 Å². The van der Waals surface area contributed by atoms with E-state index >= 15 is 0 Å². The topological polar surface area (TPSA) is 34.7 Å². The summed E-state index contributed by atoms with van der Waals surface area (Å²) in [5, 5.41) is 0. The molecule has 0 radical (unpaired) electrons. The number of hydrogen-bond acceptors (Lipinski definition) is 3. The predicted octanol–water partition coefficient (Wildman–Crippen LogP) is 2.67. The molecule has 0 saturated carbocycles. The van der Waals surface area contributed by atoms with Crippen molar-refractivity contribution in [3.05, 3.63) is 60.1 Å². The average molecular weight is 227 g/mol. The molecule has 0 spiro atoms. The minimum Gasteiger partial charge on any atom is -0.470 e. The van der Waals surface area contributed by atoms with Crippen molar-refractivity contribution in [3.63, 3.8) is 0 Å². The Morgan fingerprint density at radius 1 is 1.12 bits per heavy atom. The minimum atomic E-state index is 0.123. The summed E-state index contributed by atoms with van der Waals surface area (Å²) in [6, 6.07) is 14.0. The molecule has 0 amide bonds. The number of ether oxygens (including phenoxy) is 1. The second-order valence-corrected chi connectivity index (χ2v) is 4.05. The van der Waals surface area contributed by atoms with Crippen LogP contribution in [0.25, 0.3) is 0 Å². The van der Waals surface area contributed by atoms with E-state index in [1.807, 2.05) is 30.3 Å². The zero-order valence-corrected chi connectivity index (χ0v) is 9.37. The Labute approximate surface area is 99.7 Å². The molecule has 3 nitrogen and oxygen atoms in total. The molecule has 0 N–H and O–H groups in total. The zero-order valence-electron chi connectivity index (χ0n) is 9.37. The summed E-state index contributed by atoms with van der Waals surface area (Å²) in [6.07, 6.45) is 2.64. The van der Waals surface area contributed by atoms with Gasteiger partial charge in [-0.05, 0) is 17.7 Å². The van der Waals surface area contributed by atoms with Crippen LogP contribution in [0.15, 0.2) is 58.1 Å². The first kappa shape index (κ1) is 10.1. The number of furan rings is 1. The first-order chi connectivity index (χ1) is 8.42. The van der Waals surface area contributed by atoms with E-state index in [9.17, 15) is 0 Å². The molecule has 0 bridgehead atoms. The molecule has 86 valence electrons. The molecule has 1 aromatic heterocycles. The Morgan fingerprint density at radius 3 is 2.76 bits per heavy atom. The van der Waals surface area contributed by atoms with Crippen molar-refractivity contribution in [1.82, 2.24) is 0 Å². The van der Waals surface area contributed by atoms with E-state index in [0.717, 1.165) is 6.42 Å². The lowest BCUT2D eigenvalue weighted by Gasteiger charge is -2.10. The molecular weight excluding hydrogens is 214 g/mol. The molecule has 1 aliphatic rings. The monoisotopic (exact) mass is 227 g/mol. The Morgan fingerprint density at radius 2 is 2.00 bits per heavy atom. The van der Waals surface area contributed by atoms with Gasteiger partial charge in [-0.25, -0.2) is 4.99 Å². The van der Waals surface area contributed by atoms with Gasteiger partial charge < -0.3 is 9.15 Å². The van der Waals surface area contributed by atoms with Crippen molar-refractivity contribution in [2.24, 2.45) is 4.99 Å². The Hall–Kier alpha value is -2.03. The summed E-state index contributed by atoms with van der Waals surface area (Å²) in [6.45, 7) is 0.699. The zero-order chi connectivity index (χ0) is 11.5. The van der Waals surface area contributed by atoms with Crippen LogP contribution in [0, 0.1) is 0 Å². The maximum atomic E-state index is 5.77. The number of rotatable bonds is 3. The van der Waals surface area contributed by atoms with Gasteiger partial charge in [-0.3, -0.25) is 0 Å². The maximum Gasteiger partial charge on any atom is 0.253 e. The van der Waals surface area contributed by atoms with Crippen LogP contribution in [0.4, 0.5) is 0 Å². The predicted molar refractivity (Wildman–Crippen MR) is 65.1 cm³/mol. The molecular formula is C14H13NO2. The van der Waals surface area contributed by atoms with Crippen LogP contribution in [0.2, 0.25) is 0 Å². The standard InChI is InChI=1S/C14H13NO2/c1-2-5-11(6-3-1)9-12-10-15-14(17-12)13-7-4-8-16-13/h1-8,12H,9-10H2/t12-/m1/s1. The largest absolute Gasteiger partial charge is 0.470 e. The number of aliphatic imine (C=N–C) groups is 1. The average Bonchev–Trinajstić information content (AvgIpc) is 3.00. The van der Waals surface area contributed by atoms with E-state index < -0.39 is 0 Å². The van der Waals surface area contributed by atoms with E-state index in [1.54, 1.807) is 6.26 Å². The van der Waals surface area contributed by atoms with Crippen molar-refractivity contribution in [1.29, 1.82) is 0 Å². The summed E-state index contributed by atoms with van der Waals surface area (Å²) in [5.74, 6) is 1.33. The molecule has 2 heterocycles. The van der Waals surface area contributed by atoms with Crippen molar-refractivity contribution in [2.45, 2.75) is 12.5 Å². The quantitative estimate of drug-likeness (QED) is 0.808. The summed E-state index contributed by atoms with van der Waals surface area (Å²) in [7, 11) is 0. The van der Waals surface area contributed by atoms with Gasteiger partial charge in [0.2, 0.25) is 0 Å². The van der Waals surface area contributed by atoms with Gasteiger partial charge in [-0.2, -0.15) is 0 Å². The third-order valence-electron chi connectivity index (χ3n) is 2.75. The summed E-state index contributed by atoms with van der Waals surface area (Å²) in [4.78, 5) is 4.36. The van der Waals surface area contributed by atoms with Crippen molar-refractivity contribution < 1.29 is 9.15 Å². The van der Waals surface area contributed by atoms with Crippen molar-refractivity contribution in [2.75, 3.05) is 6.54 Å². The normalized spacial score (nSPS) is 18.8. The number of nitrogens with zero attached hydrogens (tertiary/aromatic N) is 1. The molecule has 0 unspecified atom stereocenters. The van der Waals surface area contributed by atoms with Crippen molar-refractivity contribution >= 4 is 5.90 Å². The van der Waals surface area contributed by atoms with Gasteiger partial charge in [0.05, 0.1) is 12.8 Å². The fourth-order valence-corrected chi connectivity index (χ4v) is 1.94. The lowest BCUT2D eigenvalue weighted by molar-refractivity contribution is 0.221. The van der Waals surface area contributed by atoms with E-state index in [-0.39, 0.29) is 6.10 Å². The second-order valence-electron chi connectivity index (χ2n) is 4.05. The maximum absolute atomic E-state index is 5.77. The van der Waals surface area contributed by atoms with Crippen LogP contribution < -0.4 is 0 Å². The first-order valence-corrected chi connectivity index (χ1v) is 5.71. The number of hydrogen-bond donors (Lipinski definition) is 0. The van der Waals surface area contributed by atoms with Gasteiger partial charge in [0.25, 0.3) is 5.90 Å². The number of benzene rings is 1. The molecule has 0 saturated heterocycles. The van der Waals surface area contributed by atoms with E-state index in [2.05, 4.69) is 17.1 Å². The highest BCUT2D eigenvalue weighted by Crippen LogP contribution is 2.16. The smallest absolute Gasteiger partial charge is 0.253 e. The van der Waals surface area contributed by atoms with E-state index in [1.165, 1.54) is 5.56 Å². The van der Waals surface area contributed by atoms with Crippen LogP contribution in [0.3, 0.4) is 0 Å². The van der Waals surface area contributed by atoms with Crippen LogP contribution in [-0.4, -0.2) is 18.5 Å². The highest BCUT2D eigenvalue weighted by molar-refractivity contribution is 5.92. The van der Waals surface area contributed by atoms with Gasteiger partial charge in [-0.15, -0.1) is 0 Å². The van der Waals surface area contributed by atoms with Gasteiger partial charge in [0.15, 0.2) is 5.76 Å². The first-order valence-electron chi connectivity index (χ1n) is 5.71. The van der Waals surface area contributed by atoms with Crippen LogP contribution in [-0.2, 0) is 11.2 Å². The highest BCUT2D eigenvalue weighted by atomic mass is 16.5. The lowest BCUT2D eigenvalue weighted by Crippen LogP contribution is -2.16. The summed E-state index contributed by atoms with van der Waals surface area (Å²) in [5.41, 5.74) is 1.27. The molecule has 1 aromatic carbocycles. The molecule has 0 fully saturated rings. The van der Waals surface area contributed by atoms with E-state index in [0.29, 0.717) is 18.2 Å². The Balaban J connectivity index is 1.64.